The zero-order chi connectivity index (χ0) is 24.0. The van der Waals surface area contributed by atoms with Crippen LogP contribution < -0.4 is 25.4 Å². The second-order valence-electron chi connectivity index (χ2n) is 6.98. The average Bonchev–Trinajstić information content (AvgIpc) is 2.84. The van der Waals surface area contributed by atoms with Gasteiger partial charge in [-0.1, -0.05) is 29.9 Å². The number of pyridine rings is 1. The number of halogens is 1. The lowest BCUT2D eigenvalue weighted by Gasteiger charge is -2.37. The van der Waals surface area contributed by atoms with Crippen LogP contribution in [-0.4, -0.2) is 55.3 Å². The van der Waals surface area contributed by atoms with Crippen LogP contribution in [0.3, 0.4) is 0 Å². The van der Waals surface area contributed by atoms with Crippen LogP contribution in [-0.2, 0) is 0 Å². The molecule has 1 saturated heterocycles. The number of nitrogens with zero attached hydrogens (tertiary/aromatic N) is 5. The Hall–Kier alpha value is -3.73. The largest absolute Gasteiger partial charge is 0.493 e. The molecule has 0 bridgehead atoms. The van der Waals surface area contributed by atoms with Gasteiger partial charge in [0.1, 0.15) is 39.5 Å². The Morgan fingerprint density at radius 1 is 1.15 bits per heavy atom. The summed E-state index contributed by atoms with van der Waals surface area (Å²) in [6.07, 6.45) is 0. The number of rotatable bonds is 6. The van der Waals surface area contributed by atoms with Crippen molar-refractivity contribution in [3.8, 4) is 23.6 Å². The quantitative estimate of drug-likeness (QED) is 0.274. The lowest BCUT2D eigenvalue weighted by Crippen LogP contribution is -2.48. The molecule has 3 N–H and O–H groups in total. The molecule has 0 aliphatic carbocycles. The summed E-state index contributed by atoms with van der Waals surface area (Å²) >= 11 is 11.4. The number of nitrogens with two attached hydrogens (primary N) is 1. The van der Waals surface area contributed by atoms with E-state index >= 15 is 0 Å². The minimum atomic E-state index is 0.109. The lowest BCUT2D eigenvalue weighted by atomic mass is 10.1. The summed E-state index contributed by atoms with van der Waals surface area (Å²) in [7, 11) is 2.97. The van der Waals surface area contributed by atoms with Crippen molar-refractivity contribution in [1.29, 1.82) is 10.5 Å². The zero-order valence-electron chi connectivity index (χ0n) is 18.1. The molecule has 1 fully saturated rings. The molecule has 9 nitrogen and oxygen atoms in total. The number of nitriles is 2. The third-order valence-electron chi connectivity index (χ3n) is 5.13. The van der Waals surface area contributed by atoms with Gasteiger partial charge in [-0.25, -0.2) is 4.98 Å². The maximum absolute atomic E-state index is 9.76. The van der Waals surface area contributed by atoms with E-state index < -0.39 is 0 Å². The van der Waals surface area contributed by atoms with E-state index in [0.29, 0.717) is 48.5 Å². The molecule has 3 rings (SSSR count). The molecule has 0 amide bonds. The first kappa shape index (κ1) is 23.9. The van der Waals surface area contributed by atoms with Crippen molar-refractivity contribution in [3.63, 3.8) is 0 Å². The van der Waals surface area contributed by atoms with Gasteiger partial charge < -0.3 is 30.3 Å². The van der Waals surface area contributed by atoms with Crippen molar-refractivity contribution in [1.82, 2.24) is 9.88 Å². The van der Waals surface area contributed by atoms with Gasteiger partial charge in [-0.2, -0.15) is 10.5 Å². The molecule has 0 atom stereocenters. The van der Waals surface area contributed by atoms with Crippen molar-refractivity contribution in [2.24, 2.45) is 5.73 Å². The molecule has 170 valence electrons. The molecule has 1 aliphatic heterocycles. The van der Waals surface area contributed by atoms with E-state index in [0.717, 1.165) is 5.82 Å². The highest BCUT2D eigenvalue weighted by Crippen LogP contribution is 2.33. The minimum absolute atomic E-state index is 0.109. The van der Waals surface area contributed by atoms with Gasteiger partial charge in [-0.15, -0.1) is 0 Å². The monoisotopic (exact) mass is 483 g/mol. The van der Waals surface area contributed by atoms with Gasteiger partial charge in [-0.3, -0.25) is 0 Å². The first-order valence-electron chi connectivity index (χ1n) is 9.91. The Labute approximate surface area is 202 Å². The van der Waals surface area contributed by atoms with E-state index in [2.05, 4.69) is 27.3 Å². The third kappa shape index (κ3) is 5.37. The fourth-order valence-corrected chi connectivity index (χ4v) is 3.81. The average molecular weight is 484 g/mol. The molecule has 1 aliphatic rings. The van der Waals surface area contributed by atoms with Crippen molar-refractivity contribution < 1.29 is 9.47 Å². The standard InChI is InChI=1S/C22H22ClN7O2S/c1-31-17-10-14(12-24)16(11-18(17)32-2)27-22(33)15(13-25)21(26)30-8-6-29(7-9-30)20-5-3-4-19(23)28-20/h3-5,10-11H,6-9,26H2,1-2H3,(H,27,33)/b21-15+. The zero-order valence-corrected chi connectivity index (χ0v) is 19.7. The molecule has 0 saturated carbocycles. The Morgan fingerprint density at radius 3 is 2.39 bits per heavy atom. The number of nitrogens with one attached hydrogen (secondary N) is 1. The van der Waals surface area contributed by atoms with E-state index in [1.807, 2.05) is 17.0 Å². The molecule has 1 aromatic heterocycles. The number of ether oxygens (including phenoxy) is 2. The van der Waals surface area contributed by atoms with Gasteiger partial charge in [0.15, 0.2) is 11.5 Å². The maximum Gasteiger partial charge on any atom is 0.162 e. The number of anilines is 2. The van der Waals surface area contributed by atoms with Gasteiger partial charge in [0.05, 0.1) is 25.5 Å². The fourth-order valence-electron chi connectivity index (χ4n) is 3.39. The molecule has 0 unspecified atom stereocenters. The summed E-state index contributed by atoms with van der Waals surface area (Å²) in [4.78, 5) is 8.44. The summed E-state index contributed by atoms with van der Waals surface area (Å²) < 4.78 is 10.5. The molecule has 2 heterocycles. The van der Waals surface area contributed by atoms with Gasteiger partial charge in [-0.05, 0) is 12.1 Å². The van der Waals surface area contributed by atoms with E-state index in [9.17, 15) is 10.5 Å². The van der Waals surface area contributed by atoms with Crippen LogP contribution in [0.25, 0.3) is 0 Å². The van der Waals surface area contributed by atoms with Crippen molar-refractivity contribution >= 4 is 40.3 Å². The lowest BCUT2D eigenvalue weighted by molar-refractivity contribution is 0.316. The molecule has 0 radical (unpaired) electrons. The van der Waals surface area contributed by atoms with Gasteiger partial charge in [0.25, 0.3) is 0 Å². The van der Waals surface area contributed by atoms with Crippen LogP contribution in [0.5, 0.6) is 11.5 Å². The van der Waals surface area contributed by atoms with E-state index in [1.165, 1.54) is 20.3 Å². The number of hydrogen-bond acceptors (Lipinski definition) is 9. The van der Waals surface area contributed by atoms with E-state index in [1.54, 1.807) is 12.1 Å². The Bertz CT molecular complexity index is 1160. The number of piperazine rings is 1. The number of methoxy groups -OCH3 is 2. The summed E-state index contributed by atoms with van der Waals surface area (Å²) in [6, 6.07) is 12.8. The second-order valence-corrected chi connectivity index (χ2v) is 7.78. The molecule has 11 heteroatoms. The summed E-state index contributed by atoms with van der Waals surface area (Å²) in [5.74, 6) is 1.89. The van der Waals surface area contributed by atoms with Crippen LogP contribution in [0, 0.1) is 22.7 Å². The van der Waals surface area contributed by atoms with Gasteiger partial charge in [0.2, 0.25) is 0 Å². The predicted molar refractivity (Wildman–Crippen MR) is 130 cm³/mol. The molecular formula is C22H22ClN7O2S. The van der Waals surface area contributed by atoms with Gasteiger partial charge >= 0.3 is 0 Å². The first-order chi connectivity index (χ1) is 15.9. The number of hydrogen-bond donors (Lipinski definition) is 2. The summed E-state index contributed by atoms with van der Waals surface area (Å²) in [5, 5.41) is 22.6. The van der Waals surface area contributed by atoms with E-state index in [4.69, 9.17) is 39.0 Å². The predicted octanol–water partition coefficient (Wildman–Crippen LogP) is 2.88. The van der Waals surface area contributed by atoms with Crippen molar-refractivity contribution in [2.75, 3.05) is 50.6 Å². The van der Waals surface area contributed by atoms with Gasteiger partial charge in [0, 0.05) is 38.3 Å². The highest BCUT2D eigenvalue weighted by molar-refractivity contribution is 7.81. The van der Waals surface area contributed by atoms with Crippen LogP contribution in [0.2, 0.25) is 5.15 Å². The number of aromatic nitrogens is 1. The number of thiocarbonyl (C=S) groups is 1. The van der Waals surface area contributed by atoms with Crippen LogP contribution >= 0.6 is 23.8 Å². The Balaban J connectivity index is 1.77. The maximum atomic E-state index is 9.76. The van der Waals surface area contributed by atoms with Crippen LogP contribution in [0.1, 0.15) is 5.56 Å². The van der Waals surface area contributed by atoms with Crippen LogP contribution in [0.4, 0.5) is 11.5 Å². The van der Waals surface area contributed by atoms with Crippen LogP contribution in [0.15, 0.2) is 41.7 Å². The van der Waals surface area contributed by atoms with Crippen molar-refractivity contribution in [2.45, 2.75) is 0 Å². The molecule has 0 spiro atoms. The Kier molecular flexibility index (Phi) is 7.78. The first-order valence-corrected chi connectivity index (χ1v) is 10.7. The summed E-state index contributed by atoms with van der Waals surface area (Å²) in [5.41, 5.74) is 7.12. The van der Waals surface area contributed by atoms with E-state index in [-0.39, 0.29) is 21.9 Å². The van der Waals surface area contributed by atoms with Crippen molar-refractivity contribution in [3.05, 3.63) is 52.4 Å². The third-order valence-corrected chi connectivity index (χ3v) is 5.65. The Morgan fingerprint density at radius 2 is 1.82 bits per heavy atom. The topological polar surface area (TPSA) is 123 Å². The SMILES string of the molecule is COc1cc(C#N)c(NC(=S)/C(C#N)=C(\N)N2CCN(c3cccc(Cl)n3)CC2)cc1OC. The fraction of sp³-hybridized carbons (Fsp3) is 0.273. The smallest absolute Gasteiger partial charge is 0.162 e. The normalized spacial score (nSPS) is 14.0. The second kappa shape index (κ2) is 10.7. The highest BCUT2D eigenvalue weighted by Gasteiger charge is 2.23. The number of benzene rings is 1. The molecule has 33 heavy (non-hydrogen) atoms. The molecule has 2 aromatic rings. The highest BCUT2D eigenvalue weighted by atomic mass is 35.5. The minimum Gasteiger partial charge on any atom is -0.493 e. The molecule has 1 aromatic carbocycles. The summed E-state index contributed by atoms with van der Waals surface area (Å²) in [6.45, 7) is 2.46. The molecular weight excluding hydrogens is 462 g/mol.